The molecule has 14 heteroatoms. The van der Waals surface area contributed by atoms with Crippen molar-refractivity contribution in [2.75, 3.05) is 13.2 Å². The maximum atomic E-state index is 13.2. The summed E-state index contributed by atoms with van der Waals surface area (Å²) >= 11 is 0. The Labute approximate surface area is 336 Å². The van der Waals surface area contributed by atoms with E-state index in [9.17, 15) is 50.1 Å². The molecule has 1 aliphatic heterocycles. The van der Waals surface area contributed by atoms with Crippen LogP contribution in [0.2, 0.25) is 0 Å². The van der Waals surface area contributed by atoms with E-state index in [2.05, 4.69) is 26.8 Å². The molecule has 6 rings (SSSR count). The first-order valence-electron chi connectivity index (χ1n) is 21.0. The minimum atomic E-state index is -1.85. The predicted molar refractivity (Wildman–Crippen MR) is 204 cm³/mol. The number of allylic oxidation sites excluding steroid dienone is 2. The van der Waals surface area contributed by atoms with Crippen molar-refractivity contribution in [2.24, 2.45) is 56.2 Å². The maximum Gasteiger partial charge on any atom is 0.335 e. The summed E-state index contributed by atoms with van der Waals surface area (Å²) in [5.41, 5.74) is -2.98. The first-order valence-corrected chi connectivity index (χ1v) is 21.0. The van der Waals surface area contributed by atoms with Crippen molar-refractivity contribution in [1.82, 2.24) is 0 Å². The highest BCUT2D eigenvalue weighted by Gasteiger charge is 2.73. The summed E-state index contributed by atoms with van der Waals surface area (Å²) in [6, 6.07) is 0. The smallest absolute Gasteiger partial charge is 0.335 e. The minimum absolute atomic E-state index is 0.0788. The Morgan fingerprint density at radius 2 is 1.60 bits per heavy atom. The summed E-state index contributed by atoms with van der Waals surface area (Å²) in [5, 5.41) is 77.3. The van der Waals surface area contributed by atoms with Crippen LogP contribution in [-0.4, -0.2) is 122 Å². The van der Waals surface area contributed by atoms with E-state index in [1.165, 1.54) is 6.92 Å². The summed E-state index contributed by atoms with van der Waals surface area (Å²) in [6.07, 6.45) is -5.89. The summed E-state index contributed by atoms with van der Waals surface area (Å²) in [4.78, 5) is 37.4. The van der Waals surface area contributed by atoms with E-state index in [-0.39, 0.29) is 48.2 Å². The normalized spacial score (nSPS) is 49.5. The van der Waals surface area contributed by atoms with E-state index >= 15 is 0 Å². The first kappa shape index (κ1) is 44.4. The average Bonchev–Trinajstić information content (AvgIpc) is 3.13. The van der Waals surface area contributed by atoms with Crippen LogP contribution in [0, 0.1) is 56.2 Å². The van der Waals surface area contributed by atoms with Gasteiger partial charge in [0.15, 0.2) is 12.4 Å². The molecule has 0 spiro atoms. The van der Waals surface area contributed by atoms with Gasteiger partial charge in [-0.15, -0.1) is 0 Å². The summed E-state index contributed by atoms with van der Waals surface area (Å²) in [6.45, 7) is 17.2. The molecule has 0 aromatic carbocycles. The van der Waals surface area contributed by atoms with Gasteiger partial charge >= 0.3 is 17.9 Å². The van der Waals surface area contributed by atoms with Gasteiger partial charge in [-0.2, -0.15) is 0 Å². The van der Waals surface area contributed by atoms with Crippen molar-refractivity contribution < 1.29 is 69.1 Å². The number of fused-ring (bicyclic) bond motifs is 7. The molecule has 0 bridgehead atoms. The molecular formula is C43H68O14. The minimum Gasteiger partial charge on any atom is -0.479 e. The largest absolute Gasteiger partial charge is 0.479 e. The third kappa shape index (κ3) is 6.53. The molecule has 18 atom stereocenters. The molecule has 1 heterocycles. The van der Waals surface area contributed by atoms with Crippen molar-refractivity contribution in [3.8, 4) is 0 Å². The second-order valence-electron chi connectivity index (χ2n) is 20.3. The van der Waals surface area contributed by atoms with Gasteiger partial charge in [0.25, 0.3) is 0 Å². The molecule has 0 aromatic rings. The van der Waals surface area contributed by atoms with Gasteiger partial charge in [-0.1, -0.05) is 67.0 Å². The molecule has 57 heavy (non-hydrogen) atoms. The van der Waals surface area contributed by atoms with E-state index < -0.39 is 101 Å². The number of carbonyl (C=O) groups excluding carboxylic acids is 2. The highest BCUT2D eigenvalue weighted by molar-refractivity contribution is 5.73. The van der Waals surface area contributed by atoms with E-state index in [1.807, 2.05) is 27.7 Å². The van der Waals surface area contributed by atoms with Crippen LogP contribution in [0.1, 0.15) is 114 Å². The van der Waals surface area contributed by atoms with Crippen LogP contribution in [0.5, 0.6) is 0 Å². The molecule has 0 unspecified atom stereocenters. The Kier molecular flexibility index (Phi) is 11.7. The van der Waals surface area contributed by atoms with Crippen LogP contribution >= 0.6 is 0 Å². The summed E-state index contributed by atoms with van der Waals surface area (Å²) in [7, 11) is 0. The zero-order valence-electron chi connectivity index (χ0n) is 35.1. The SMILES string of the molecule is CC[C@H](C)C(=O)O[C@H]1[C@H](O)[C@]2(COC(C)=O)[C@@H](O)C[C@]3(C)C(=CC[C@@H]4[C@@]5(C)CC[C@H](O[C@H]6O[C@@H](C(=O)O)[C@H](O)[C@@H](O)[C@@H]6O)[C@@](C)(CO)[C@@H]5CC[C@]43C)[C@@H]2CC1(C)C. The lowest BCUT2D eigenvalue weighted by atomic mass is 9.33. The molecule has 14 nitrogen and oxygen atoms in total. The Balaban J connectivity index is 1.35. The van der Waals surface area contributed by atoms with Gasteiger partial charge in [0.05, 0.1) is 30.1 Å². The number of aliphatic hydroxyl groups excluding tert-OH is 6. The van der Waals surface area contributed by atoms with Gasteiger partial charge in [-0.05, 0) is 85.4 Å². The fraction of sp³-hybridized carbons (Fsp3) is 0.884. The quantitative estimate of drug-likeness (QED) is 0.101. The van der Waals surface area contributed by atoms with Crippen molar-refractivity contribution >= 4 is 17.9 Å². The van der Waals surface area contributed by atoms with Gasteiger partial charge in [-0.25, -0.2) is 4.79 Å². The fourth-order valence-corrected chi connectivity index (χ4v) is 13.3. The number of ether oxygens (including phenoxy) is 4. The van der Waals surface area contributed by atoms with Crippen LogP contribution in [0.4, 0.5) is 0 Å². The molecule has 6 aliphatic rings. The molecule has 324 valence electrons. The molecule has 0 amide bonds. The summed E-state index contributed by atoms with van der Waals surface area (Å²) in [5.74, 6) is -3.21. The van der Waals surface area contributed by atoms with Gasteiger partial charge in [0.1, 0.15) is 37.1 Å². The molecule has 5 fully saturated rings. The van der Waals surface area contributed by atoms with Crippen LogP contribution < -0.4 is 0 Å². The zero-order chi connectivity index (χ0) is 42.4. The Morgan fingerprint density at radius 3 is 2.19 bits per heavy atom. The van der Waals surface area contributed by atoms with Crippen molar-refractivity contribution in [1.29, 1.82) is 0 Å². The number of carbonyl (C=O) groups is 3. The number of carboxylic acid groups (broad SMARTS) is 1. The van der Waals surface area contributed by atoms with Crippen molar-refractivity contribution in [3.63, 3.8) is 0 Å². The van der Waals surface area contributed by atoms with Gasteiger partial charge in [-0.3, -0.25) is 9.59 Å². The standard InChI is InChI=1S/C43H68O14/c1-10-21(2)36(53)57-34-33(50)43(20-54-22(3)45)24(17-38(34,4)5)23-11-12-26-39(6)15-14-28(55-37-31(49)29(47)30(48)32(56-37)35(51)52)40(7,19-44)25(39)13-16-41(26,8)42(23,9)18-27(43)46/h11,21,24-34,37,44,46-50H,10,12-20H2,1-9H3,(H,51,52)/t21-,24-,25+,26+,27-,28-,29+,30+,31-,32+,33-,34-,37-,39-,40-,41+,42+,43-/m0/s1. The molecule has 0 radical (unpaired) electrons. The number of aliphatic hydroxyl groups is 6. The second-order valence-corrected chi connectivity index (χ2v) is 20.3. The molecular weight excluding hydrogens is 740 g/mol. The Morgan fingerprint density at radius 1 is 0.930 bits per heavy atom. The van der Waals surface area contributed by atoms with E-state index in [0.29, 0.717) is 38.5 Å². The topological polar surface area (TPSA) is 230 Å². The lowest BCUT2D eigenvalue weighted by Crippen LogP contribution is -2.72. The molecule has 4 saturated carbocycles. The second kappa shape index (κ2) is 15.1. The highest BCUT2D eigenvalue weighted by Crippen LogP contribution is 2.76. The van der Waals surface area contributed by atoms with Crippen molar-refractivity contribution in [3.05, 3.63) is 11.6 Å². The lowest BCUT2D eigenvalue weighted by molar-refractivity contribution is -0.328. The van der Waals surface area contributed by atoms with Crippen LogP contribution in [-0.2, 0) is 33.3 Å². The van der Waals surface area contributed by atoms with Crippen LogP contribution in [0.25, 0.3) is 0 Å². The Hall–Kier alpha value is -2.17. The number of hydrogen-bond acceptors (Lipinski definition) is 13. The molecule has 0 aromatic heterocycles. The molecule has 7 N–H and O–H groups in total. The van der Waals surface area contributed by atoms with Crippen LogP contribution in [0.3, 0.4) is 0 Å². The average molecular weight is 809 g/mol. The van der Waals surface area contributed by atoms with Crippen molar-refractivity contribution in [2.45, 2.75) is 169 Å². The number of hydrogen-bond donors (Lipinski definition) is 7. The van der Waals surface area contributed by atoms with Gasteiger partial charge < -0.3 is 54.7 Å². The van der Waals surface area contributed by atoms with Gasteiger partial charge in [0.2, 0.25) is 0 Å². The Bertz CT molecular complexity index is 1600. The lowest BCUT2D eigenvalue weighted by Gasteiger charge is -2.72. The zero-order valence-corrected chi connectivity index (χ0v) is 35.1. The summed E-state index contributed by atoms with van der Waals surface area (Å²) < 4.78 is 23.6. The van der Waals surface area contributed by atoms with E-state index in [1.54, 1.807) is 6.92 Å². The third-order valence-electron chi connectivity index (χ3n) is 17.1. The third-order valence-corrected chi connectivity index (χ3v) is 17.1. The monoisotopic (exact) mass is 808 g/mol. The number of esters is 2. The molecule has 1 saturated heterocycles. The fourth-order valence-electron chi connectivity index (χ4n) is 13.3. The van der Waals surface area contributed by atoms with Gasteiger partial charge in [0, 0.05) is 17.8 Å². The highest BCUT2D eigenvalue weighted by atomic mass is 16.7. The number of rotatable bonds is 9. The van der Waals surface area contributed by atoms with E-state index in [4.69, 9.17) is 18.9 Å². The molecule has 5 aliphatic carbocycles. The predicted octanol–water partition coefficient (Wildman–Crippen LogP) is 3.11. The maximum absolute atomic E-state index is 13.2. The van der Waals surface area contributed by atoms with Crippen LogP contribution in [0.15, 0.2) is 11.6 Å². The first-order chi connectivity index (χ1) is 26.4. The number of carboxylic acids is 1. The number of aliphatic carboxylic acids is 1. The van der Waals surface area contributed by atoms with E-state index in [0.717, 1.165) is 12.0 Å².